The van der Waals surface area contributed by atoms with Crippen LogP contribution >= 0.6 is 86.9 Å². The SMILES string of the molecule is C.NC(=O)Cc1ccc(CC(=O)N2CCC([C@H]3c4ncc(Br)cc4CCc4cc(Cl)cc(Br)c43)CC2)cc1.O=C(O)Cc1ccc(CC(=O)N2CCC([C@H]3c4ncc(Br)cc4CCc4cc(Cl)cc(Br)c43)CC2)cc1. The first-order chi connectivity index (χ1) is 35.6. The van der Waals surface area contributed by atoms with Gasteiger partial charge in [-0.2, -0.15) is 0 Å². The molecule has 3 amide bonds. The number of aryl methyl sites for hydroxylation is 4. The number of hydrogen-bond donors (Lipinski definition) is 2. The zero-order valence-electron chi connectivity index (χ0n) is 40.6. The van der Waals surface area contributed by atoms with E-state index in [9.17, 15) is 19.2 Å². The number of nitrogens with zero attached hydrogens (tertiary/aromatic N) is 4. The number of rotatable bonds is 10. The number of pyridine rings is 2. The second-order valence-corrected chi connectivity index (χ2v) is 24.3. The maximum atomic E-state index is 13.1. The van der Waals surface area contributed by atoms with Gasteiger partial charge in [0.05, 0.1) is 37.1 Å². The van der Waals surface area contributed by atoms with Crippen LogP contribution in [0.25, 0.3) is 0 Å². The first kappa shape index (κ1) is 56.8. The molecule has 0 bridgehead atoms. The second kappa shape index (κ2) is 25.4. The Morgan fingerprint density at radius 3 is 1.24 bits per heavy atom. The summed E-state index contributed by atoms with van der Waals surface area (Å²) in [5, 5.41) is 10.4. The van der Waals surface area contributed by atoms with Crippen LogP contribution in [-0.4, -0.2) is 74.7 Å². The number of fused-ring (bicyclic) bond motifs is 4. The molecule has 4 aromatic carbocycles. The number of amides is 3. The fourth-order valence-electron chi connectivity index (χ4n) is 11.5. The molecule has 16 heteroatoms. The average Bonchev–Trinajstić information content (AvgIpc) is 3.63. The van der Waals surface area contributed by atoms with Gasteiger partial charge in [-0.25, -0.2) is 0 Å². The van der Waals surface area contributed by atoms with Gasteiger partial charge in [0, 0.05) is 78.3 Å². The Labute approximate surface area is 483 Å². The number of aliphatic carboxylic acids is 1. The van der Waals surface area contributed by atoms with Gasteiger partial charge >= 0.3 is 5.97 Å². The number of halogens is 6. The normalized spacial score (nSPS) is 17.4. The summed E-state index contributed by atoms with van der Waals surface area (Å²) in [6.45, 7) is 2.88. The molecule has 10 rings (SSSR count). The highest BCUT2D eigenvalue weighted by atomic mass is 79.9. The number of hydrogen-bond acceptors (Lipinski definition) is 6. The molecule has 3 N–H and O–H groups in total. The van der Waals surface area contributed by atoms with Crippen molar-refractivity contribution >= 4 is 111 Å². The van der Waals surface area contributed by atoms with Gasteiger partial charge in [-0.1, -0.05) is 111 Å². The summed E-state index contributed by atoms with van der Waals surface area (Å²) >= 11 is 27.7. The van der Waals surface area contributed by atoms with Crippen molar-refractivity contribution in [1.82, 2.24) is 19.8 Å². The van der Waals surface area contributed by atoms with Crippen LogP contribution in [0.4, 0.5) is 0 Å². The molecule has 2 atom stereocenters. The standard InChI is InChI=1S/C29H28Br2ClN3O2.C29H27Br2ClN2O3.CH4/c30-22-13-21-6-5-20-14-23(32)15-24(31)27(20)28(29(21)34-16-22)19-7-9-35(10-8-19)26(37)12-18-3-1-17(2-4-18)11-25(33)36;30-22-13-21-6-5-20-14-23(32)15-24(31)27(20)28(29(21)33-16-22)19-7-9-34(10-8-19)25(35)11-17-1-3-18(4-2-17)12-26(36)37;/h1-4,13-16,19,28H,5-12H2,(H2,33,36);1-4,13-16,19,28H,5-12H2,(H,36,37);1H4/t2*28-;/m11./s1. The van der Waals surface area contributed by atoms with Gasteiger partial charge in [0.25, 0.3) is 0 Å². The number of aromatic nitrogens is 2. The van der Waals surface area contributed by atoms with Crippen LogP contribution in [0.2, 0.25) is 10.0 Å². The molecular weight excluding hydrogens is 1250 g/mol. The number of benzene rings is 4. The number of carbonyl (C=O) groups excluding carboxylic acids is 3. The van der Waals surface area contributed by atoms with Crippen LogP contribution in [0, 0.1) is 11.8 Å². The van der Waals surface area contributed by atoms with E-state index >= 15 is 0 Å². The highest BCUT2D eigenvalue weighted by Gasteiger charge is 2.38. The summed E-state index contributed by atoms with van der Waals surface area (Å²) in [5.74, 6) is 0.0691. The monoisotopic (exact) mass is 1300 g/mol. The van der Waals surface area contributed by atoms with E-state index in [2.05, 4.69) is 88.0 Å². The van der Waals surface area contributed by atoms with Gasteiger partial charge < -0.3 is 20.6 Å². The second-order valence-electron chi connectivity index (χ2n) is 19.9. The van der Waals surface area contributed by atoms with Crippen molar-refractivity contribution in [2.24, 2.45) is 17.6 Å². The Balaban J connectivity index is 0.000000197. The fourth-order valence-corrected chi connectivity index (χ4v) is 14.5. The van der Waals surface area contributed by atoms with E-state index in [0.29, 0.717) is 37.8 Å². The Morgan fingerprint density at radius 2 is 0.880 bits per heavy atom. The first-order valence-corrected chi connectivity index (χ1v) is 28.9. The van der Waals surface area contributed by atoms with E-state index in [4.69, 9.17) is 44.0 Å². The molecule has 2 fully saturated rings. The summed E-state index contributed by atoms with van der Waals surface area (Å²) in [6.07, 6.45) is 12.0. The number of piperidine rings is 2. The molecular formula is C59H59Br4Cl2N5O5. The molecule has 4 aliphatic rings. The molecule has 2 saturated heterocycles. The average molecular weight is 1310 g/mol. The molecule has 4 heterocycles. The topological polar surface area (TPSA) is 147 Å². The molecule has 0 saturated carbocycles. The lowest BCUT2D eigenvalue weighted by molar-refractivity contribution is -0.136. The lowest BCUT2D eigenvalue weighted by atomic mass is 9.76. The van der Waals surface area contributed by atoms with Crippen LogP contribution in [0.15, 0.2) is 115 Å². The quantitative estimate of drug-likeness (QED) is 0.139. The molecule has 0 unspecified atom stereocenters. The zero-order valence-corrected chi connectivity index (χ0v) is 48.4. The third-order valence-electron chi connectivity index (χ3n) is 15.1. The highest BCUT2D eigenvalue weighted by molar-refractivity contribution is 9.11. The smallest absolute Gasteiger partial charge is 0.307 e. The van der Waals surface area contributed by atoms with Gasteiger partial charge in [0.15, 0.2) is 0 Å². The van der Waals surface area contributed by atoms with Crippen LogP contribution in [0.5, 0.6) is 0 Å². The first-order valence-electron chi connectivity index (χ1n) is 25.0. The number of carbonyl (C=O) groups is 4. The number of nitrogens with two attached hydrogens (primary N) is 1. The maximum absolute atomic E-state index is 13.1. The van der Waals surface area contributed by atoms with Crippen molar-refractivity contribution in [2.75, 3.05) is 26.2 Å². The van der Waals surface area contributed by atoms with Gasteiger partial charge in [0.1, 0.15) is 0 Å². The van der Waals surface area contributed by atoms with Crippen LogP contribution in [-0.2, 0) is 70.5 Å². The highest BCUT2D eigenvalue weighted by Crippen LogP contribution is 2.48. The minimum absolute atomic E-state index is 0. The van der Waals surface area contributed by atoms with Crippen molar-refractivity contribution in [3.8, 4) is 0 Å². The van der Waals surface area contributed by atoms with Gasteiger partial charge in [-0.3, -0.25) is 29.1 Å². The van der Waals surface area contributed by atoms with Crippen molar-refractivity contribution in [3.63, 3.8) is 0 Å². The van der Waals surface area contributed by atoms with E-state index in [1.807, 2.05) is 70.7 Å². The molecule has 2 aliphatic carbocycles. The van der Waals surface area contributed by atoms with Crippen LogP contribution < -0.4 is 5.73 Å². The Morgan fingerprint density at radius 1 is 0.533 bits per heavy atom. The molecule has 2 aliphatic heterocycles. The Kier molecular flexibility index (Phi) is 19.2. The predicted octanol–water partition coefficient (Wildman–Crippen LogP) is 13.2. The van der Waals surface area contributed by atoms with Crippen molar-refractivity contribution in [3.05, 3.63) is 192 Å². The van der Waals surface area contributed by atoms with E-state index in [1.54, 1.807) is 12.1 Å². The van der Waals surface area contributed by atoms with E-state index in [-0.39, 0.29) is 49.8 Å². The molecule has 6 aromatic rings. The Bertz CT molecular complexity index is 2880. The number of carboxylic acid groups (broad SMARTS) is 1. The van der Waals surface area contributed by atoms with Gasteiger partial charge in [0.2, 0.25) is 17.7 Å². The number of primary amides is 1. The molecule has 0 radical (unpaired) electrons. The van der Waals surface area contributed by atoms with Crippen LogP contribution in [0.3, 0.4) is 0 Å². The van der Waals surface area contributed by atoms with E-state index < -0.39 is 5.97 Å². The van der Waals surface area contributed by atoms with Crippen molar-refractivity contribution in [1.29, 1.82) is 0 Å². The third-order valence-corrected chi connectivity index (χ3v) is 17.7. The number of likely N-dealkylation sites (tertiary alicyclic amines) is 2. The lowest BCUT2D eigenvalue weighted by Gasteiger charge is -2.37. The maximum Gasteiger partial charge on any atom is 0.307 e. The number of carboxylic acids is 1. The Hall–Kier alpha value is -4.44. The van der Waals surface area contributed by atoms with E-state index in [1.165, 1.54) is 33.4 Å². The summed E-state index contributed by atoms with van der Waals surface area (Å²) in [7, 11) is 0. The minimum atomic E-state index is -0.858. The summed E-state index contributed by atoms with van der Waals surface area (Å²) in [5.41, 5.74) is 18.7. The molecule has 392 valence electrons. The summed E-state index contributed by atoms with van der Waals surface area (Å²) in [4.78, 5) is 62.0. The molecule has 2 aromatic heterocycles. The summed E-state index contributed by atoms with van der Waals surface area (Å²) in [6, 6.07) is 27.4. The summed E-state index contributed by atoms with van der Waals surface area (Å²) < 4.78 is 4.05. The zero-order chi connectivity index (χ0) is 52.2. The molecule has 0 spiro atoms. The third kappa shape index (κ3) is 13.8. The fraction of sp³-hybridized carbons (Fsp3) is 0.356. The predicted molar refractivity (Wildman–Crippen MR) is 311 cm³/mol. The lowest BCUT2D eigenvalue weighted by Crippen LogP contribution is -2.40. The minimum Gasteiger partial charge on any atom is -0.481 e. The van der Waals surface area contributed by atoms with Gasteiger partial charge in [-0.15, -0.1) is 0 Å². The van der Waals surface area contributed by atoms with Crippen molar-refractivity contribution < 1.29 is 24.3 Å². The van der Waals surface area contributed by atoms with E-state index in [0.717, 1.165) is 126 Å². The van der Waals surface area contributed by atoms with Crippen molar-refractivity contribution in [2.45, 2.75) is 96.3 Å². The molecule has 75 heavy (non-hydrogen) atoms. The van der Waals surface area contributed by atoms with Gasteiger partial charge in [-0.05, 0) is 187 Å². The largest absolute Gasteiger partial charge is 0.481 e. The van der Waals surface area contributed by atoms with Crippen LogP contribution in [0.1, 0.15) is 112 Å². The molecule has 10 nitrogen and oxygen atoms in total.